The Kier molecular flexibility index (Phi) is 1.35. The summed E-state index contributed by atoms with van der Waals surface area (Å²) in [6.45, 7) is 0.0498. The Morgan fingerprint density at radius 2 is 2.56 bits per heavy atom. The summed E-state index contributed by atoms with van der Waals surface area (Å²) in [6, 6.07) is 0. The highest BCUT2D eigenvalue weighted by Gasteiger charge is 2.30. The molecule has 2 amide bonds. The van der Waals surface area contributed by atoms with Crippen molar-refractivity contribution in [2.24, 2.45) is 11.7 Å². The molecule has 50 valence electrons. The first kappa shape index (κ1) is 6.03. The lowest BCUT2D eigenvalue weighted by Crippen LogP contribution is -2.31. The molecule has 1 saturated heterocycles. The van der Waals surface area contributed by atoms with E-state index in [4.69, 9.17) is 5.73 Å². The summed E-state index contributed by atoms with van der Waals surface area (Å²) in [4.78, 5) is 25.2. The van der Waals surface area contributed by atoms with Crippen LogP contribution in [0.1, 0.15) is 0 Å². The highest BCUT2D eigenvalue weighted by molar-refractivity contribution is 6.00. The van der Waals surface area contributed by atoms with Gasteiger partial charge in [-0.15, -0.1) is 0 Å². The Labute approximate surface area is 51.1 Å². The van der Waals surface area contributed by atoms with Crippen LogP contribution in [0.15, 0.2) is 0 Å². The first-order valence-electron chi connectivity index (χ1n) is 2.43. The Balaban J connectivity index is 2.60. The van der Waals surface area contributed by atoms with Crippen molar-refractivity contribution in [3.05, 3.63) is 0 Å². The average molecular weight is 130 g/mol. The molecular weight excluding hydrogens is 124 g/mol. The molecule has 0 aromatic carbocycles. The standard InChI is InChI=1S/C4H6N2O3/c5-3(7)2-1-9-6-4(2)8/h2H,1H2,(H2,5,7)(H,6,8). The fourth-order valence-corrected chi connectivity index (χ4v) is 0.554. The van der Waals surface area contributed by atoms with Gasteiger partial charge in [0.2, 0.25) is 5.91 Å². The van der Waals surface area contributed by atoms with E-state index in [2.05, 4.69) is 4.84 Å². The second kappa shape index (κ2) is 2.02. The number of hydroxylamine groups is 1. The van der Waals surface area contributed by atoms with Crippen LogP contribution in [0.5, 0.6) is 0 Å². The SMILES string of the molecule is NC(=O)C1CONC1=O. The highest BCUT2D eigenvalue weighted by Crippen LogP contribution is 2.01. The number of carbonyl (C=O) groups excluding carboxylic acids is 2. The number of rotatable bonds is 1. The average Bonchev–Trinajstić information content (AvgIpc) is 2.13. The monoisotopic (exact) mass is 130 g/mol. The van der Waals surface area contributed by atoms with Crippen molar-refractivity contribution < 1.29 is 14.4 Å². The van der Waals surface area contributed by atoms with Crippen molar-refractivity contribution in [1.82, 2.24) is 5.48 Å². The topological polar surface area (TPSA) is 81.4 Å². The van der Waals surface area contributed by atoms with Gasteiger partial charge in [0.05, 0.1) is 6.61 Å². The van der Waals surface area contributed by atoms with Crippen LogP contribution < -0.4 is 11.2 Å². The molecule has 1 aliphatic rings. The van der Waals surface area contributed by atoms with Crippen molar-refractivity contribution in [3.63, 3.8) is 0 Å². The van der Waals surface area contributed by atoms with E-state index in [1.807, 2.05) is 5.48 Å². The fraction of sp³-hybridized carbons (Fsp3) is 0.500. The summed E-state index contributed by atoms with van der Waals surface area (Å²) in [5.41, 5.74) is 6.82. The van der Waals surface area contributed by atoms with E-state index in [1.54, 1.807) is 0 Å². The Morgan fingerprint density at radius 3 is 2.78 bits per heavy atom. The predicted octanol–water partition coefficient (Wildman–Crippen LogP) is -1.85. The maximum Gasteiger partial charge on any atom is 0.258 e. The van der Waals surface area contributed by atoms with Crippen molar-refractivity contribution >= 4 is 11.8 Å². The molecule has 5 heteroatoms. The van der Waals surface area contributed by atoms with E-state index in [0.717, 1.165) is 0 Å². The maximum absolute atomic E-state index is 10.5. The molecule has 0 aliphatic carbocycles. The van der Waals surface area contributed by atoms with Gasteiger partial charge in [-0.25, -0.2) is 5.48 Å². The Hall–Kier alpha value is -1.10. The molecule has 0 radical (unpaired) electrons. The van der Waals surface area contributed by atoms with Gasteiger partial charge in [-0.05, 0) is 0 Å². The lowest BCUT2D eigenvalue weighted by molar-refractivity contribution is -0.131. The summed E-state index contributed by atoms with van der Waals surface area (Å²) in [6.07, 6.45) is 0. The Morgan fingerprint density at radius 1 is 1.89 bits per heavy atom. The summed E-state index contributed by atoms with van der Waals surface area (Å²) in [5, 5.41) is 0. The largest absolute Gasteiger partial charge is 0.369 e. The molecule has 1 heterocycles. The van der Waals surface area contributed by atoms with Gasteiger partial charge in [0.1, 0.15) is 5.92 Å². The molecule has 1 atom stereocenters. The van der Waals surface area contributed by atoms with Crippen LogP contribution in [0, 0.1) is 5.92 Å². The molecule has 1 fully saturated rings. The second-order valence-corrected chi connectivity index (χ2v) is 1.73. The molecule has 5 nitrogen and oxygen atoms in total. The number of hydrogen-bond donors (Lipinski definition) is 2. The van der Waals surface area contributed by atoms with Crippen molar-refractivity contribution in [3.8, 4) is 0 Å². The first-order chi connectivity index (χ1) is 4.22. The number of nitrogens with one attached hydrogen (secondary N) is 1. The van der Waals surface area contributed by atoms with E-state index < -0.39 is 17.7 Å². The van der Waals surface area contributed by atoms with Crippen LogP contribution in [0.2, 0.25) is 0 Å². The summed E-state index contributed by atoms with van der Waals surface area (Å²) in [5.74, 6) is -1.91. The van der Waals surface area contributed by atoms with E-state index in [9.17, 15) is 9.59 Å². The van der Waals surface area contributed by atoms with E-state index >= 15 is 0 Å². The van der Waals surface area contributed by atoms with Crippen LogP contribution in [0.4, 0.5) is 0 Å². The number of nitrogens with two attached hydrogens (primary N) is 1. The minimum absolute atomic E-state index is 0.0498. The minimum Gasteiger partial charge on any atom is -0.369 e. The van der Waals surface area contributed by atoms with Crippen molar-refractivity contribution in [2.45, 2.75) is 0 Å². The van der Waals surface area contributed by atoms with Gasteiger partial charge in [0.15, 0.2) is 0 Å². The lowest BCUT2D eigenvalue weighted by Gasteiger charge is -1.93. The Bertz CT molecular complexity index is 156. The third kappa shape index (κ3) is 0.996. The van der Waals surface area contributed by atoms with E-state index in [0.29, 0.717) is 0 Å². The maximum atomic E-state index is 10.5. The second-order valence-electron chi connectivity index (χ2n) is 1.73. The zero-order chi connectivity index (χ0) is 6.85. The van der Waals surface area contributed by atoms with Gasteiger partial charge in [-0.3, -0.25) is 14.4 Å². The van der Waals surface area contributed by atoms with Gasteiger partial charge < -0.3 is 5.73 Å². The quantitative estimate of drug-likeness (QED) is 0.409. The molecule has 0 aromatic rings. The van der Waals surface area contributed by atoms with E-state index in [-0.39, 0.29) is 6.61 Å². The van der Waals surface area contributed by atoms with Gasteiger partial charge >= 0.3 is 0 Å². The molecule has 0 saturated carbocycles. The molecule has 0 aromatic heterocycles. The summed E-state index contributed by atoms with van der Waals surface area (Å²) >= 11 is 0. The molecule has 3 N–H and O–H groups in total. The molecule has 1 aliphatic heterocycles. The van der Waals surface area contributed by atoms with Crippen molar-refractivity contribution in [2.75, 3.05) is 6.61 Å². The third-order valence-corrected chi connectivity index (χ3v) is 1.08. The predicted molar refractivity (Wildman–Crippen MR) is 26.8 cm³/mol. The smallest absolute Gasteiger partial charge is 0.258 e. The number of amides is 2. The van der Waals surface area contributed by atoms with Crippen LogP contribution >= 0.6 is 0 Å². The highest BCUT2D eigenvalue weighted by atomic mass is 16.7. The molecule has 1 unspecified atom stereocenters. The van der Waals surface area contributed by atoms with Crippen LogP contribution in [0.25, 0.3) is 0 Å². The molecule has 9 heavy (non-hydrogen) atoms. The van der Waals surface area contributed by atoms with Crippen LogP contribution in [-0.2, 0) is 14.4 Å². The number of carbonyl (C=O) groups is 2. The molecule has 1 rings (SSSR count). The van der Waals surface area contributed by atoms with Gasteiger partial charge in [0.25, 0.3) is 5.91 Å². The first-order valence-corrected chi connectivity index (χ1v) is 2.43. The normalized spacial score (nSPS) is 25.8. The molecular formula is C4H6N2O3. The van der Waals surface area contributed by atoms with Crippen molar-refractivity contribution in [1.29, 1.82) is 0 Å². The van der Waals surface area contributed by atoms with Gasteiger partial charge in [0, 0.05) is 0 Å². The minimum atomic E-state index is -0.801. The number of hydrogen-bond acceptors (Lipinski definition) is 3. The lowest BCUT2D eigenvalue weighted by atomic mass is 10.1. The van der Waals surface area contributed by atoms with Gasteiger partial charge in [-0.2, -0.15) is 0 Å². The molecule has 0 bridgehead atoms. The zero-order valence-electron chi connectivity index (χ0n) is 4.59. The fourth-order valence-electron chi connectivity index (χ4n) is 0.554. The van der Waals surface area contributed by atoms with Gasteiger partial charge in [-0.1, -0.05) is 0 Å². The van der Waals surface area contributed by atoms with Crippen LogP contribution in [-0.4, -0.2) is 18.4 Å². The summed E-state index contributed by atoms with van der Waals surface area (Å²) < 4.78 is 0. The third-order valence-electron chi connectivity index (χ3n) is 1.08. The number of primary amides is 1. The zero-order valence-corrected chi connectivity index (χ0v) is 4.59. The summed E-state index contributed by atoms with van der Waals surface area (Å²) in [7, 11) is 0. The van der Waals surface area contributed by atoms with Crippen LogP contribution in [0.3, 0.4) is 0 Å². The van der Waals surface area contributed by atoms with E-state index in [1.165, 1.54) is 0 Å². The molecule has 0 spiro atoms.